The maximum absolute atomic E-state index is 12.4. The van der Waals surface area contributed by atoms with Gasteiger partial charge in [-0.3, -0.25) is 4.79 Å². The van der Waals surface area contributed by atoms with E-state index in [4.69, 9.17) is 5.11 Å². The highest BCUT2D eigenvalue weighted by molar-refractivity contribution is 6.12. The number of nitrogens with one attached hydrogen (secondary N) is 1. The lowest BCUT2D eigenvalue weighted by Gasteiger charge is -2.08. The first-order valence-electron chi connectivity index (χ1n) is 6.03. The van der Waals surface area contributed by atoms with Crippen LogP contribution in [-0.2, 0) is 4.79 Å². The van der Waals surface area contributed by atoms with Crippen molar-refractivity contribution in [1.29, 1.82) is 0 Å². The van der Waals surface area contributed by atoms with E-state index in [1.165, 1.54) is 6.20 Å². The van der Waals surface area contributed by atoms with E-state index in [9.17, 15) is 9.59 Å². The maximum Gasteiger partial charge on any atom is 0.329 e. The Morgan fingerprint density at radius 2 is 1.60 bits per heavy atom. The molecule has 0 saturated heterocycles. The van der Waals surface area contributed by atoms with Gasteiger partial charge in [0.05, 0.1) is 0 Å². The van der Waals surface area contributed by atoms with Crippen molar-refractivity contribution in [3.05, 3.63) is 78.0 Å². The minimum Gasteiger partial charge on any atom is -0.478 e. The van der Waals surface area contributed by atoms with Gasteiger partial charge in [-0.1, -0.05) is 42.5 Å². The summed E-state index contributed by atoms with van der Waals surface area (Å²) in [6.45, 7) is 0. The minimum absolute atomic E-state index is 0.113. The Balaban J connectivity index is 2.28. The number of hydrogen-bond acceptors (Lipinski definition) is 3. The van der Waals surface area contributed by atoms with Crippen LogP contribution in [0.5, 0.6) is 0 Å². The molecule has 100 valence electrons. The number of carbonyl (C=O) groups is 2. The molecule has 2 aromatic carbocycles. The third kappa shape index (κ3) is 3.32. The molecule has 0 bridgehead atoms. The fourth-order valence-electron chi connectivity index (χ4n) is 1.75. The van der Waals surface area contributed by atoms with Gasteiger partial charge in [-0.15, -0.1) is 0 Å². The molecule has 0 amide bonds. The Labute approximate surface area is 116 Å². The molecule has 20 heavy (non-hydrogen) atoms. The topological polar surface area (TPSA) is 66.4 Å². The van der Waals surface area contributed by atoms with Gasteiger partial charge < -0.3 is 10.4 Å². The molecule has 2 N–H and O–H groups in total. The number of para-hydroxylation sites is 1. The average molecular weight is 267 g/mol. The Kier molecular flexibility index (Phi) is 4.29. The summed E-state index contributed by atoms with van der Waals surface area (Å²) in [5.41, 5.74) is 1.65. The monoisotopic (exact) mass is 267 g/mol. The second-order valence-corrected chi connectivity index (χ2v) is 4.06. The molecule has 0 fully saturated rings. The predicted molar refractivity (Wildman–Crippen MR) is 76.7 cm³/mol. The van der Waals surface area contributed by atoms with Crippen molar-refractivity contribution >= 4 is 17.4 Å². The van der Waals surface area contributed by atoms with Crippen LogP contribution in [0, 0.1) is 0 Å². The van der Waals surface area contributed by atoms with Crippen LogP contribution in [0.4, 0.5) is 5.69 Å². The molecule has 0 aromatic heterocycles. The van der Waals surface area contributed by atoms with Gasteiger partial charge in [-0.05, 0) is 12.1 Å². The van der Waals surface area contributed by atoms with E-state index < -0.39 is 5.97 Å². The Bertz CT molecular complexity index is 648. The summed E-state index contributed by atoms with van der Waals surface area (Å²) >= 11 is 0. The van der Waals surface area contributed by atoms with Crippen molar-refractivity contribution in [2.75, 3.05) is 5.32 Å². The van der Waals surface area contributed by atoms with Crippen LogP contribution in [0.2, 0.25) is 0 Å². The Morgan fingerprint density at radius 3 is 2.30 bits per heavy atom. The summed E-state index contributed by atoms with van der Waals surface area (Å²) in [4.78, 5) is 22.8. The smallest absolute Gasteiger partial charge is 0.329 e. The largest absolute Gasteiger partial charge is 0.478 e. The molecule has 4 nitrogen and oxygen atoms in total. The number of anilines is 1. The van der Waals surface area contributed by atoms with Gasteiger partial charge in [-0.25, -0.2) is 4.79 Å². The van der Waals surface area contributed by atoms with Crippen molar-refractivity contribution in [3.63, 3.8) is 0 Å². The van der Waals surface area contributed by atoms with Crippen molar-refractivity contribution in [3.8, 4) is 0 Å². The van der Waals surface area contributed by atoms with Gasteiger partial charge >= 0.3 is 5.97 Å². The molecule has 0 radical (unpaired) electrons. The highest BCUT2D eigenvalue weighted by Gasteiger charge is 2.12. The first kappa shape index (κ1) is 13.5. The molecular weight excluding hydrogens is 254 g/mol. The molecule has 0 atom stereocenters. The number of aliphatic carboxylic acids is 1. The minimum atomic E-state index is -1.05. The van der Waals surface area contributed by atoms with Crippen LogP contribution >= 0.6 is 0 Å². The number of carbonyl (C=O) groups excluding carboxylic acids is 1. The summed E-state index contributed by atoms with van der Waals surface area (Å²) in [5.74, 6) is -1.17. The maximum atomic E-state index is 12.4. The van der Waals surface area contributed by atoms with E-state index in [0.29, 0.717) is 16.8 Å². The molecule has 0 spiro atoms. The van der Waals surface area contributed by atoms with Crippen LogP contribution in [0.15, 0.2) is 66.9 Å². The van der Waals surface area contributed by atoms with Crippen LogP contribution in [0.1, 0.15) is 15.9 Å². The second kappa shape index (κ2) is 6.33. The summed E-state index contributed by atoms with van der Waals surface area (Å²) < 4.78 is 0. The summed E-state index contributed by atoms with van der Waals surface area (Å²) in [5, 5.41) is 11.4. The standard InChI is InChI=1S/C16H13NO3/c18-15(19)10-11-17-14-9-5-4-8-13(14)16(20)12-6-2-1-3-7-12/h1-11,17H,(H,18,19)/b11-10+. The molecule has 0 saturated carbocycles. The van der Waals surface area contributed by atoms with E-state index in [1.54, 1.807) is 48.5 Å². The SMILES string of the molecule is O=C(O)/C=C/Nc1ccccc1C(=O)c1ccccc1. The lowest BCUT2D eigenvalue weighted by molar-refractivity contribution is -0.131. The molecule has 0 aliphatic rings. The third-order valence-corrected chi connectivity index (χ3v) is 2.67. The van der Waals surface area contributed by atoms with Gasteiger partial charge in [0.15, 0.2) is 5.78 Å². The molecule has 0 aliphatic carbocycles. The highest BCUT2D eigenvalue weighted by atomic mass is 16.4. The zero-order valence-electron chi connectivity index (χ0n) is 10.6. The van der Waals surface area contributed by atoms with E-state index >= 15 is 0 Å². The average Bonchev–Trinajstić information content (AvgIpc) is 2.47. The molecule has 2 aromatic rings. The van der Waals surface area contributed by atoms with Crippen molar-refractivity contribution < 1.29 is 14.7 Å². The van der Waals surface area contributed by atoms with Gasteiger partial charge in [-0.2, -0.15) is 0 Å². The summed E-state index contributed by atoms with van der Waals surface area (Å²) in [7, 11) is 0. The number of ketones is 1. The van der Waals surface area contributed by atoms with E-state index in [2.05, 4.69) is 5.32 Å². The van der Waals surface area contributed by atoms with Crippen LogP contribution in [0.3, 0.4) is 0 Å². The first-order valence-corrected chi connectivity index (χ1v) is 6.03. The number of carboxylic acids is 1. The molecular formula is C16H13NO3. The molecule has 0 heterocycles. The van der Waals surface area contributed by atoms with Crippen LogP contribution in [0.25, 0.3) is 0 Å². The predicted octanol–water partition coefficient (Wildman–Crippen LogP) is 2.93. The lowest BCUT2D eigenvalue weighted by atomic mass is 10.0. The first-order chi connectivity index (χ1) is 9.68. The Hall–Kier alpha value is -2.88. The Morgan fingerprint density at radius 1 is 0.950 bits per heavy atom. The molecule has 4 heteroatoms. The number of rotatable bonds is 5. The fraction of sp³-hybridized carbons (Fsp3) is 0. The van der Waals surface area contributed by atoms with Gasteiger partial charge in [0.1, 0.15) is 0 Å². The van der Waals surface area contributed by atoms with Crippen LogP contribution < -0.4 is 5.32 Å². The number of hydrogen-bond donors (Lipinski definition) is 2. The number of benzene rings is 2. The van der Waals surface area contributed by atoms with E-state index in [-0.39, 0.29) is 5.78 Å². The fourth-order valence-corrected chi connectivity index (χ4v) is 1.75. The van der Waals surface area contributed by atoms with Crippen molar-refractivity contribution in [2.45, 2.75) is 0 Å². The lowest BCUT2D eigenvalue weighted by Crippen LogP contribution is -2.05. The van der Waals surface area contributed by atoms with Crippen molar-refractivity contribution in [2.24, 2.45) is 0 Å². The van der Waals surface area contributed by atoms with Crippen molar-refractivity contribution in [1.82, 2.24) is 0 Å². The van der Waals surface area contributed by atoms with E-state index in [1.807, 2.05) is 6.07 Å². The zero-order valence-corrected chi connectivity index (χ0v) is 10.6. The van der Waals surface area contributed by atoms with Gasteiger partial charge in [0.2, 0.25) is 0 Å². The second-order valence-electron chi connectivity index (χ2n) is 4.06. The highest BCUT2D eigenvalue weighted by Crippen LogP contribution is 2.19. The third-order valence-electron chi connectivity index (χ3n) is 2.67. The summed E-state index contributed by atoms with van der Waals surface area (Å²) in [6.07, 6.45) is 2.27. The molecule has 0 aliphatic heterocycles. The van der Waals surface area contributed by atoms with Crippen LogP contribution in [-0.4, -0.2) is 16.9 Å². The van der Waals surface area contributed by atoms with E-state index in [0.717, 1.165) is 6.08 Å². The zero-order chi connectivity index (χ0) is 14.4. The quantitative estimate of drug-likeness (QED) is 0.645. The normalized spacial score (nSPS) is 10.4. The summed E-state index contributed by atoms with van der Waals surface area (Å²) in [6, 6.07) is 15.9. The number of carboxylic acid groups (broad SMARTS) is 1. The van der Waals surface area contributed by atoms with Gasteiger partial charge in [0, 0.05) is 29.1 Å². The molecule has 0 unspecified atom stereocenters. The van der Waals surface area contributed by atoms with Gasteiger partial charge in [0.25, 0.3) is 0 Å². The molecule has 2 rings (SSSR count).